The maximum absolute atomic E-state index is 5.40. The van der Waals surface area contributed by atoms with Crippen molar-refractivity contribution in [3.05, 3.63) is 30.3 Å². The highest BCUT2D eigenvalue weighted by molar-refractivity contribution is 5.20. The third-order valence-electron chi connectivity index (χ3n) is 2.25. The summed E-state index contributed by atoms with van der Waals surface area (Å²) in [6.07, 6.45) is 0.755. The minimum Gasteiger partial charge on any atom is -0.491 e. The lowest BCUT2D eigenvalue weighted by Crippen LogP contribution is -2.05. The normalized spacial score (nSPS) is 25.3. The zero-order valence-corrected chi connectivity index (χ0v) is 9.17. The average molecular weight is 223 g/mol. The SMILES string of the molecule is NCC1CO1.c1ccc(OCC2CO2)cc1. The minimum atomic E-state index is 0.343. The zero-order valence-electron chi connectivity index (χ0n) is 9.17. The van der Waals surface area contributed by atoms with Gasteiger partial charge in [0, 0.05) is 6.54 Å². The van der Waals surface area contributed by atoms with Crippen molar-refractivity contribution in [3.8, 4) is 5.75 Å². The van der Waals surface area contributed by atoms with Crippen LogP contribution in [0.3, 0.4) is 0 Å². The molecule has 0 spiro atoms. The van der Waals surface area contributed by atoms with Gasteiger partial charge in [-0.05, 0) is 12.1 Å². The highest BCUT2D eigenvalue weighted by Gasteiger charge is 2.22. The van der Waals surface area contributed by atoms with Crippen LogP contribution in [-0.4, -0.2) is 38.6 Å². The second-order valence-corrected chi connectivity index (χ2v) is 3.77. The molecule has 0 bridgehead atoms. The Labute approximate surface area is 95.3 Å². The number of rotatable bonds is 4. The largest absolute Gasteiger partial charge is 0.491 e. The van der Waals surface area contributed by atoms with E-state index in [0.717, 1.165) is 19.0 Å². The Bertz CT molecular complexity index is 296. The minimum absolute atomic E-state index is 0.343. The van der Waals surface area contributed by atoms with Crippen molar-refractivity contribution in [2.45, 2.75) is 12.2 Å². The Morgan fingerprint density at radius 1 is 1.12 bits per heavy atom. The van der Waals surface area contributed by atoms with Crippen LogP contribution in [0.2, 0.25) is 0 Å². The van der Waals surface area contributed by atoms with Crippen molar-refractivity contribution in [2.75, 3.05) is 26.4 Å². The van der Waals surface area contributed by atoms with Crippen molar-refractivity contribution < 1.29 is 14.2 Å². The summed E-state index contributed by atoms with van der Waals surface area (Å²) in [4.78, 5) is 0. The predicted molar refractivity (Wildman–Crippen MR) is 60.5 cm³/mol. The van der Waals surface area contributed by atoms with Gasteiger partial charge in [-0.3, -0.25) is 0 Å². The van der Waals surface area contributed by atoms with Gasteiger partial charge in [0.05, 0.1) is 19.3 Å². The van der Waals surface area contributed by atoms with Crippen LogP contribution in [0.4, 0.5) is 0 Å². The molecule has 1 aromatic carbocycles. The number of epoxide rings is 2. The molecule has 0 saturated carbocycles. The number of nitrogens with two attached hydrogens (primary N) is 1. The van der Waals surface area contributed by atoms with Gasteiger partial charge in [0.25, 0.3) is 0 Å². The van der Waals surface area contributed by atoms with E-state index >= 15 is 0 Å². The first-order valence-electron chi connectivity index (χ1n) is 5.49. The van der Waals surface area contributed by atoms with Crippen molar-refractivity contribution in [1.29, 1.82) is 0 Å². The lowest BCUT2D eigenvalue weighted by molar-refractivity contribution is 0.263. The first-order valence-corrected chi connectivity index (χ1v) is 5.49. The van der Waals surface area contributed by atoms with Gasteiger partial charge in [-0.2, -0.15) is 0 Å². The summed E-state index contributed by atoms with van der Waals surface area (Å²) in [5, 5.41) is 0. The molecule has 2 unspecified atom stereocenters. The molecule has 4 heteroatoms. The third-order valence-corrected chi connectivity index (χ3v) is 2.25. The maximum atomic E-state index is 5.40. The summed E-state index contributed by atoms with van der Waals surface area (Å²) >= 11 is 0. The second kappa shape index (κ2) is 5.84. The number of para-hydroxylation sites is 1. The van der Waals surface area contributed by atoms with Gasteiger partial charge < -0.3 is 19.9 Å². The lowest BCUT2D eigenvalue weighted by Gasteiger charge is -2.01. The maximum Gasteiger partial charge on any atom is 0.119 e. The van der Waals surface area contributed by atoms with E-state index in [2.05, 4.69) is 0 Å². The van der Waals surface area contributed by atoms with E-state index in [0.29, 0.717) is 25.4 Å². The van der Waals surface area contributed by atoms with Crippen molar-refractivity contribution in [2.24, 2.45) is 5.73 Å². The van der Waals surface area contributed by atoms with E-state index in [1.165, 1.54) is 0 Å². The standard InChI is InChI=1S/C9H10O2.C3H7NO/c1-2-4-8(5-3-1)10-6-9-7-11-9;4-1-3-2-5-3/h1-5,9H,6-7H2;3H,1-2,4H2. The summed E-state index contributed by atoms with van der Waals surface area (Å²) < 4.78 is 15.1. The molecule has 2 aliphatic heterocycles. The van der Waals surface area contributed by atoms with Crippen LogP contribution >= 0.6 is 0 Å². The first-order chi connectivity index (χ1) is 7.88. The van der Waals surface area contributed by atoms with Gasteiger partial charge >= 0.3 is 0 Å². The fourth-order valence-corrected chi connectivity index (χ4v) is 1.07. The fourth-order valence-electron chi connectivity index (χ4n) is 1.07. The van der Waals surface area contributed by atoms with Gasteiger partial charge in [0.2, 0.25) is 0 Å². The number of hydrogen-bond acceptors (Lipinski definition) is 4. The number of benzene rings is 1. The van der Waals surface area contributed by atoms with Crippen molar-refractivity contribution >= 4 is 0 Å². The number of ether oxygens (including phenoxy) is 3. The molecular weight excluding hydrogens is 206 g/mol. The topological polar surface area (TPSA) is 60.3 Å². The summed E-state index contributed by atoms with van der Waals surface area (Å²) in [6.45, 7) is 3.12. The molecule has 2 fully saturated rings. The Kier molecular flexibility index (Phi) is 4.16. The van der Waals surface area contributed by atoms with Gasteiger partial charge in [-0.1, -0.05) is 18.2 Å². The van der Waals surface area contributed by atoms with Crippen LogP contribution in [-0.2, 0) is 9.47 Å². The molecule has 2 heterocycles. The molecule has 4 nitrogen and oxygen atoms in total. The molecule has 2 atom stereocenters. The molecule has 88 valence electrons. The molecule has 0 amide bonds. The Hall–Kier alpha value is -1.10. The summed E-state index contributed by atoms with van der Waals surface area (Å²) in [5.41, 5.74) is 5.11. The zero-order chi connectivity index (χ0) is 11.2. The van der Waals surface area contributed by atoms with Crippen LogP contribution in [0.5, 0.6) is 5.75 Å². The average Bonchev–Trinajstić information content (AvgIpc) is 3.21. The molecule has 3 rings (SSSR count). The number of hydrogen-bond donors (Lipinski definition) is 1. The smallest absolute Gasteiger partial charge is 0.119 e. The van der Waals surface area contributed by atoms with E-state index in [9.17, 15) is 0 Å². The highest BCUT2D eigenvalue weighted by atomic mass is 16.6. The van der Waals surface area contributed by atoms with E-state index < -0.39 is 0 Å². The molecule has 2 N–H and O–H groups in total. The summed E-state index contributed by atoms with van der Waals surface area (Å²) in [6, 6.07) is 9.79. The quantitative estimate of drug-likeness (QED) is 0.767. The Balaban J connectivity index is 0.000000162. The molecule has 0 radical (unpaired) electrons. The fraction of sp³-hybridized carbons (Fsp3) is 0.500. The van der Waals surface area contributed by atoms with Crippen LogP contribution in [0.15, 0.2) is 30.3 Å². The third kappa shape index (κ3) is 4.61. The van der Waals surface area contributed by atoms with E-state index in [1.807, 2.05) is 30.3 Å². The predicted octanol–water partition coefficient (Wildman–Crippen LogP) is 0.808. The summed E-state index contributed by atoms with van der Waals surface area (Å²) in [7, 11) is 0. The first kappa shape index (κ1) is 11.4. The molecule has 1 aromatic rings. The van der Waals surface area contributed by atoms with E-state index in [4.69, 9.17) is 19.9 Å². The highest BCUT2D eigenvalue weighted by Crippen LogP contribution is 2.13. The molecule has 16 heavy (non-hydrogen) atoms. The molecular formula is C12H17NO3. The molecule has 0 aromatic heterocycles. The van der Waals surface area contributed by atoms with Gasteiger partial charge in [-0.25, -0.2) is 0 Å². The van der Waals surface area contributed by atoms with Crippen LogP contribution in [0, 0.1) is 0 Å². The molecule has 2 aliphatic rings. The monoisotopic (exact) mass is 223 g/mol. The van der Waals surface area contributed by atoms with Crippen LogP contribution in [0.25, 0.3) is 0 Å². The molecule has 2 saturated heterocycles. The van der Waals surface area contributed by atoms with E-state index in [-0.39, 0.29) is 0 Å². The van der Waals surface area contributed by atoms with Crippen molar-refractivity contribution in [1.82, 2.24) is 0 Å². The molecule has 0 aliphatic carbocycles. The Morgan fingerprint density at radius 2 is 1.75 bits per heavy atom. The van der Waals surface area contributed by atoms with Crippen molar-refractivity contribution in [3.63, 3.8) is 0 Å². The van der Waals surface area contributed by atoms with E-state index in [1.54, 1.807) is 0 Å². The van der Waals surface area contributed by atoms with Gasteiger partial charge in [0.1, 0.15) is 18.5 Å². The van der Waals surface area contributed by atoms with Gasteiger partial charge in [0.15, 0.2) is 0 Å². The second-order valence-electron chi connectivity index (χ2n) is 3.77. The Morgan fingerprint density at radius 3 is 2.19 bits per heavy atom. The van der Waals surface area contributed by atoms with Crippen LogP contribution in [0.1, 0.15) is 0 Å². The van der Waals surface area contributed by atoms with Crippen LogP contribution < -0.4 is 10.5 Å². The summed E-state index contributed by atoms with van der Waals surface area (Å²) in [5.74, 6) is 0.919. The van der Waals surface area contributed by atoms with Gasteiger partial charge in [-0.15, -0.1) is 0 Å². The lowest BCUT2D eigenvalue weighted by atomic mass is 10.3.